The van der Waals surface area contributed by atoms with Crippen LogP contribution in [0.4, 0.5) is 5.69 Å². The second kappa shape index (κ2) is 8.53. The Morgan fingerprint density at radius 3 is 2.43 bits per heavy atom. The molecule has 2 aromatic heterocycles. The number of anilines is 1. The van der Waals surface area contributed by atoms with E-state index in [1.807, 2.05) is 54.6 Å². The SMILES string of the molecule is CN(Cc1ccccc1)C(=O)c1cccc(C(=O)Nc2cccc3cccnc23)n1. The summed E-state index contributed by atoms with van der Waals surface area (Å²) in [4.78, 5) is 35.8. The van der Waals surface area contributed by atoms with Crippen molar-refractivity contribution in [2.75, 3.05) is 12.4 Å². The number of carbonyl (C=O) groups is 2. The lowest BCUT2D eigenvalue weighted by Crippen LogP contribution is -2.27. The fourth-order valence-electron chi connectivity index (χ4n) is 3.20. The molecule has 0 aliphatic rings. The average molecular weight is 396 g/mol. The minimum atomic E-state index is -0.395. The van der Waals surface area contributed by atoms with Gasteiger partial charge in [0.1, 0.15) is 11.4 Å². The minimum absolute atomic E-state index is 0.168. The van der Waals surface area contributed by atoms with Crippen LogP contribution in [0, 0.1) is 0 Å². The van der Waals surface area contributed by atoms with Crippen LogP contribution in [0.1, 0.15) is 26.5 Å². The van der Waals surface area contributed by atoms with E-state index in [1.165, 1.54) is 0 Å². The molecule has 0 radical (unpaired) electrons. The second-order valence-corrected chi connectivity index (χ2v) is 6.89. The van der Waals surface area contributed by atoms with Crippen molar-refractivity contribution in [3.63, 3.8) is 0 Å². The summed E-state index contributed by atoms with van der Waals surface area (Å²) in [5.41, 5.74) is 2.70. The molecule has 0 unspecified atom stereocenters. The van der Waals surface area contributed by atoms with Crippen molar-refractivity contribution in [2.45, 2.75) is 6.54 Å². The van der Waals surface area contributed by atoms with Crippen LogP contribution in [0.15, 0.2) is 85.1 Å². The highest BCUT2D eigenvalue weighted by atomic mass is 16.2. The quantitative estimate of drug-likeness (QED) is 0.550. The molecule has 0 saturated heterocycles. The number of hydrogen-bond donors (Lipinski definition) is 1. The van der Waals surface area contributed by atoms with Gasteiger partial charge in [-0.15, -0.1) is 0 Å². The Morgan fingerprint density at radius 2 is 1.60 bits per heavy atom. The van der Waals surface area contributed by atoms with Crippen LogP contribution >= 0.6 is 0 Å². The summed E-state index contributed by atoms with van der Waals surface area (Å²) in [6.45, 7) is 0.458. The zero-order valence-electron chi connectivity index (χ0n) is 16.4. The van der Waals surface area contributed by atoms with E-state index in [-0.39, 0.29) is 17.3 Å². The molecule has 30 heavy (non-hydrogen) atoms. The highest BCUT2D eigenvalue weighted by Gasteiger charge is 2.17. The molecule has 2 heterocycles. The number of benzene rings is 2. The van der Waals surface area contributed by atoms with Gasteiger partial charge in [0.05, 0.1) is 11.2 Å². The van der Waals surface area contributed by atoms with Crippen molar-refractivity contribution in [3.8, 4) is 0 Å². The van der Waals surface area contributed by atoms with Crippen LogP contribution in [0.2, 0.25) is 0 Å². The highest BCUT2D eigenvalue weighted by molar-refractivity contribution is 6.07. The van der Waals surface area contributed by atoms with E-state index in [1.54, 1.807) is 42.4 Å². The molecule has 6 nitrogen and oxygen atoms in total. The first kappa shape index (κ1) is 19.3. The maximum absolute atomic E-state index is 12.8. The van der Waals surface area contributed by atoms with Gasteiger partial charge in [-0.3, -0.25) is 14.6 Å². The van der Waals surface area contributed by atoms with Crippen LogP contribution in [-0.4, -0.2) is 33.7 Å². The fourth-order valence-corrected chi connectivity index (χ4v) is 3.20. The Bertz CT molecular complexity index is 1200. The third-order valence-electron chi connectivity index (χ3n) is 4.69. The minimum Gasteiger partial charge on any atom is -0.336 e. The molecule has 0 atom stereocenters. The molecule has 0 aliphatic carbocycles. The molecule has 4 rings (SSSR count). The lowest BCUT2D eigenvalue weighted by molar-refractivity contribution is 0.0779. The van der Waals surface area contributed by atoms with Gasteiger partial charge in [0.15, 0.2) is 0 Å². The predicted octanol–water partition coefficient (Wildman–Crippen LogP) is 4.15. The topological polar surface area (TPSA) is 75.2 Å². The Labute approximate surface area is 174 Å². The summed E-state index contributed by atoms with van der Waals surface area (Å²) < 4.78 is 0. The fraction of sp³-hybridized carbons (Fsp3) is 0.0833. The molecule has 1 N–H and O–H groups in total. The number of hydrogen-bond acceptors (Lipinski definition) is 4. The average Bonchev–Trinajstić information content (AvgIpc) is 2.79. The van der Waals surface area contributed by atoms with Crippen molar-refractivity contribution in [1.29, 1.82) is 0 Å². The lowest BCUT2D eigenvalue weighted by atomic mass is 10.2. The summed E-state index contributed by atoms with van der Waals surface area (Å²) in [5.74, 6) is -0.645. The molecule has 0 aliphatic heterocycles. The normalized spacial score (nSPS) is 10.6. The van der Waals surface area contributed by atoms with E-state index in [0.717, 1.165) is 10.9 Å². The van der Waals surface area contributed by atoms with E-state index in [9.17, 15) is 9.59 Å². The summed E-state index contributed by atoms with van der Waals surface area (Å²) in [6.07, 6.45) is 1.68. The molecule has 148 valence electrons. The van der Waals surface area contributed by atoms with Crippen LogP contribution in [0.25, 0.3) is 10.9 Å². The van der Waals surface area contributed by atoms with Gasteiger partial charge in [-0.25, -0.2) is 4.98 Å². The van der Waals surface area contributed by atoms with Crippen molar-refractivity contribution in [3.05, 3.63) is 102 Å². The van der Waals surface area contributed by atoms with E-state index >= 15 is 0 Å². The molecule has 2 aromatic carbocycles. The molecule has 4 aromatic rings. The molecule has 0 spiro atoms. The molecular formula is C24H20N4O2. The first-order valence-corrected chi connectivity index (χ1v) is 9.53. The molecule has 0 bridgehead atoms. The third kappa shape index (κ3) is 4.17. The maximum Gasteiger partial charge on any atom is 0.274 e. The van der Waals surface area contributed by atoms with E-state index in [4.69, 9.17) is 0 Å². The number of nitrogens with zero attached hydrogens (tertiary/aromatic N) is 3. The number of fused-ring (bicyclic) bond motifs is 1. The van der Waals surface area contributed by atoms with Gasteiger partial charge in [-0.1, -0.05) is 54.6 Å². The van der Waals surface area contributed by atoms with Crippen LogP contribution in [-0.2, 0) is 6.54 Å². The molecular weight excluding hydrogens is 376 g/mol. The van der Waals surface area contributed by atoms with Crippen LogP contribution < -0.4 is 5.32 Å². The number of rotatable bonds is 5. The molecule has 6 heteroatoms. The van der Waals surface area contributed by atoms with E-state index in [2.05, 4.69) is 15.3 Å². The Hall–Kier alpha value is -4.06. The van der Waals surface area contributed by atoms with Gasteiger partial charge in [-0.05, 0) is 29.8 Å². The number of carbonyl (C=O) groups excluding carboxylic acids is 2. The summed E-state index contributed by atoms with van der Waals surface area (Å²) in [6, 6.07) is 23.9. The second-order valence-electron chi connectivity index (χ2n) is 6.89. The number of amides is 2. The predicted molar refractivity (Wildman–Crippen MR) is 116 cm³/mol. The van der Waals surface area contributed by atoms with Crippen molar-refractivity contribution >= 4 is 28.4 Å². The Balaban J connectivity index is 1.52. The molecule has 0 saturated carbocycles. The van der Waals surface area contributed by atoms with Gasteiger partial charge in [-0.2, -0.15) is 0 Å². The number of para-hydroxylation sites is 1. The zero-order valence-corrected chi connectivity index (χ0v) is 16.4. The molecule has 2 amide bonds. The first-order valence-electron chi connectivity index (χ1n) is 9.53. The third-order valence-corrected chi connectivity index (χ3v) is 4.69. The summed E-state index contributed by atoms with van der Waals surface area (Å²) in [7, 11) is 1.71. The van der Waals surface area contributed by atoms with Crippen LogP contribution in [0.3, 0.4) is 0 Å². The number of aromatic nitrogens is 2. The smallest absolute Gasteiger partial charge is 0.274 e. The summed E-state index contributed by atoms with van der Waals surface area (Å²) >= 11 is 0. The van der Waals surface area contributed by atoms with Gasteiger partial charge < -0.3 is 10.2 Å². The monoisotopic (exact) mass is 396 g/mol. The van der Waals surface area contributed by atoms with Crippen molar-refractivity contribution < 1.29 is 9.59 Å². The lowest BCUT2D eigenvalue weighted by Gasteiger charge is -2.17. The maximum atomic E-state index is 12.8. The highest BCUT2D eigenvalue weighted by Crippen LogP contribution is 2.21. The van der Waals surface area contributed by atoms with Gasteiger partial charge >= 0.3 is 0 Å². The number of nitrogens with one attached hydrogen (secondary N) is 1. The zero-order chi connectivity index (χ0) is 20.9. The Kier molecular flexibility index (Phi) is 5.48. The first-order chi connectivity index (χ1) is 14.6. The van der Waals surface area contributed by atoms with E-state index < -0.39 is 5.91 Å². The van der Waals surface area contributed by atoms with Crippen LogP contribution in [0.5, 0.6) is 0 Å². The van der Waals surface area contributed by atoms with Gasteiger partial charge in [0.25, 0.3) is 11.8 Å². The largest absolute Gasteiger partial charge is 0.336 e. The van der Waals surface area contributed by atoms with Crippen molar-refractivity contribution in [1.82, 2.24) is 14.9 Å². The van der Waals surface area contributed by atoms with Crippen molar-refractivity contribution in [2.24, 2.45) is 0 Å². The Morgan fingerprint density at radius 1 is 0.867 bits per heavy atom. The van der Waals surface area contributed by atoms with E-state index in [0.29, 0.717) is 17.7 Å². The van der Waals surface area contributed by atoms with Gasteiger partial charge in [0, 0.05) is 25.2 Å². The number of pyridine rings is 2. The summed E-state index contributed by atoms with van der Waals surface area (Å²) in [5, 5.41) is 3.77. The van der Waals surface area contributed by atoms with Gasteiger partial charge in [0.2, 0.25) is 0 Å². The molecule has 0 fully saturated rings. The standard InChI is InChI=1S/C24H20N4O2/c1-28(16-17-8-3-2-4-9-17)24(30)21-14-6-13-20(26-21)23(29)27-19-12-5-10-18-11-7-15-25-22(18)19/h2-15H,16H2,1H3,(H,27,29).